The van der Waals surface area contributed by atoms with Crippen LogP contribution in [-0.4, -0.2) is 13.4 Å². The maximum atomic E-state index is 10.1. The van der Waals surface area contributed by atoms with Crippen molar-refractivity contribution in [1.82, 2.24) is 0 Å². The fourth-order valence-electron chi connectivity index (χ4n) is 1.10. The summed E-state index contributed by atoms with van der Waals surface area (Å²) < 4.78 is 5.16. The molecule has 0 unspecified atom stereocenters. The van der Waals surface area contributed by atoms with Crippen LogP contribution in [0, 0.1) is 6.92 Å². The van der Waals surface area contributed by atoms with Gasteiger partial charge < -0.3 is 4.74 Å². The van der Waals surface area contributed by atoms with Crippen molar-refractivity contribution in [2.24, 2.45) is 0 Å². The molecule has 0 saturated heterocycles. The average Bonchev–Trinajstić information content (AvgIpc) is 2.30. The summed E-state index contributed by atoms with van der Waals surface area (Å²) in [5.74, 6) is 0.790. The minimum atomic E-state index is 0.749. The number of aryl methyl sites for hydroxylation is 1. The Morgan fingerprint density at radius 3 is 2.47 bits per heavy atom. The smallest absolute Gasteiger partial charge is 0.142 e. The fraction of sp³-hybridized carbons (Fsp3) is 0.308. The zero-order valence-electron chi connectivity index (χ0n) is 9.78. The average molecular weight is 206 g/mol. The van der Waals surface area contributed by atoms with Gasteiger partial charge >= 0.3 is 0 Å². The molecule has 1 aromatic carbocycles. The van der Waals surface area contributed by atoms with Gasteiger partial charge in [-0.1, -0.05) is 26.0 Å². The van der Waals surface area contributed by atoms with Gasteiger partial charge in [-0.25, -0.2) is 0 Å². The van der Waals surface area contributed by atoms with Crippen LogP contribution in [0.25, 0.3) is 6.08 Å². The molecule has 15 heavy (non-hydrogen) atoms. The summed E-state index contributed by atoms with van der Waals surface area (Å²) in [6.45, 7) is 6.00. The van der Waals surface area contributed by atoms with Crippen LogP contribution in [0.15, 0.2) is 24.3 Å². The Kier molecular flexibility index (Phi) is 6.98. The van der Waals surface area contributed by atoms with Gasteiger partial charge in [-0.3, -0.25) is 4.79 Å². The third kappa shape index (κ3) is 4.45. The number of benzene rings is 1. The molecule has 0 bridgehead atoms. The molecule has 2 heteroatoms. The fourth-order valence-corrected chi connectivity index (χ4v) is 1.10. The van der Waals surface area contributed by atoms with Crippen LogP contribution in [0.2, 0.25) is 0 Å². The lowest BCUT2D eigenvalue weighted by Crippen LogP contribution is -1.87. The molecule has 2 nitrogen and oxygen atoms in total. The number of ether oxygens (including phenoxy) is 1. The normalized spacial score (nSPS) is 9.33. The zero-order valence-corrected chi connectivity index (χ0v) is 9.78. The largest absolute Gasteiger partial charge is 0.496 e. The van der Waals surface area contributed by atoms with Crippen LogP contribution in [0.1, 0.15) is 25.0 Å². The van der Waals surface area contributed by atoms with E-state index >= 15 is 0 Å². The number of carbonyl (C=O) groups is 1. The van der Waals surface area contributed by atoms with E-state index < -0.39 is 0 Å². The molecule has 0 radical (unpaired) electrons. The summed E-state index contributed by atoms with van der Waals surface area (Å²) in [6.07, 6.45) is 3.93. The topological polar surface area (TPSA) is 26.3 Å². The van der Waals surface area contributed by atoms with Crippen LogP contribution in [0.4, 0.5) is 0 Å². The van der Waals surface area contributed by atoms with Gasteiger partial charge in [-0.15, -0.1) is 0 Å². The van der Waals surface area contributed by atoms with Crippen LogP contribution < -0.4 is 4.74 Å². The second-order valence-corrected chi connectivity index (χ2v) is 2.74. The molecular formula is C13H18O2. The maximum absolute atomic E-state index is 10.1. The Labute approximate surface area is 91.6 Å². The van der Waals surface area contributed by atoms with Gasteiger partial charge in [0.2, 0.25) is 0 Å². The van der Waals surface area contributed by atoms with Crippen LogP contribution in [0.5, 0.6) is 5.75 Å². The molecule has 0 fully saturated rings. The van der Waals surface area contributed by atoms with Crippen molar-refractivity contribution in [1.29, 1.82) is 0 Å². The molecule has 1 aromatic rings. The number of hydrogen-bond acceptors (Lipinski definition) is 2. The maximum Gasteiger partial charge on any atom is 0.142 e. The number of rotatable bonds is 3. The van der Waals surface area contributed by atoms with Crippen LogP contribution in [0.3, 0.4) is 0 Å². The monoisotopic (exact) mass is 206 g/mol. The number of methoxy groups -OCH3 is 1. The number of hydrogen-bond donors (Lipinski definition) is 0. The summed E-state index contributed by atoms with van der Waals surface area (Å²) in [7, 11) is 1.62. The van der Waals surface area contributed by atoms with E-state index in [4.69, 9.17) is 4.74 Å². The van der Waals surface area contributed by atoms with E-state index in [2.05, 4.69) is 0 Å². The molecule has 0 saturated carbocycles. The van der Waals surface area contributed by atoms with Gasteiger partial charge in [0.15, 0.2) is 0 Å². The van der Waals surface area contributed by atoms with Gasteiger partial charge in [-0.2, -0.15) is 0 Å². The Hall–Kier alpha value is -1.57. The zero-order chi connectivity index (χ0) is 11.7. The van der Waals surface area contributed by atoms with Crippen molar-refractivity contribution in [3.05, 3.63) is 35.4 Å². The molecule has 0 aliphatic heterocycles. The predicted molar refractivity (Wildman–Crippen MR) is 64.2 cm³/mol. The van der Waals surface area contributed by atoms with Crippen molar-refractivity contribution in [3.8, 4) is 5.75 Å². The van der Waals surface area contributed by atoms with E-state index in [1.807, 2.05) is 39.0 Å². The predicted octanol–water partition coefficient (Wildman–Crippen LogP) is 3.24. The summed E-state index contributed by atoms with van der Waals surface area (Å²) in [5.41, 5.74) is 2.06. The Morgan fingerprint density at radius 1 is 1.27 bits per heavy atom. The third-order valence-corrected chi connectivity index (χ3v) is 1.74. The van der Waals surface area contributed by atoms with Crippen LogP contribution >= 0.6 is 0 Å². The Bertz CT molecular complexity index is 327. The molecule has 0 heterocycles. The third-order valence-electron chi connectivity index (χ3n) is 1.74. The van der Waals surface area contributed by atoms with Gasteiger partial charge in [0, 0.05) is 5.56 Å². The van der Waals surface area contributed by atoms with Gasteiger partial charge in [0.1, 0.15) is 12.0 Å². The van der Waals surface area contributed by atoms with Gasteiger partial charge in [-0.05, 0) is 30.7 Å². The van der Waals surface area contributed by atoms with E-state index in [1.54, 1.807) is 13.2 Å². The van der Waals surface area contributed by atoms with Crippen LogP contribution in [-0.2, 0) is 4.79 Å². The van der Waals surface area contributed by atoms with Gasteiger partial charge in [0.25, 0.3) is 0 Å². The molecule has 0 N–H and O–H groups in total. The second-order valence-electron chi connectivity index (χ2n) is 2.74. The highest BCUT2D eigenvalue weighted by Crippen LogP contribution is 2.20. The quantitative estimate of drug-likeness (QED) is 0.560. The first-order valence-electron chi connectivity index (χ1n) is 5.04. The molecule has 0 spiro atoms. The standard InChI is InChI=1S/C11H12O2.C2H6/c1-9-5-6-10(4-3-7-12)11(8-9)13-2;1-2/h3-8H,1-2H3;1-2H3/b4-3-;. The van der Waals surface area contributed by atoms with E-state index in [9.17, 15) is 4.79 Å². The van der Waals surface area contributed by atoms with Crippen molar-refractivity contribution in [2.45, 2.75) is 20.8 Å². The van der Waals surface area contributed by atoms with Gasteiger partial charge in [0.05, 0.1) is 7.11 Å². The SMILES string of the molecule is CC.COc1cc(C)ccc1/C=C\C=O. The minimum absolute atomic E-state index is 0.749. The lowest BCUT2D eigenvalue weighted by atomic mass is 10.1. The molecule has 82 valence electrons. The molecule has 0 aliphatic rings. The molecule has 0 aromatic heterocycles. The number of allylic oxidation sites excluding steroid dienone is 1. The highest BCUT2D eigenvalue weighted by atomic mass is 16.5. The first-order valence-corrected chi connectivity index (χ1v) is 5.04. The number of carbonyl (C=O) groups excluding carboxylic acids is 1. The summed E-state index contributed by atoms with van der Waals surface area (Å²) in [6, 6.07) is 5.84. The highest BCUT2D eigenvalue weighted by Gasteiger charge is 1.98. The highest BCUT2D eigenvalue weighted by molar-refractivity contribution is 5.75. The molecule has 0 aliphatic carbocycles. The van der Waals surface area contributed by atoms with Crippen molar-refractivity contribution < 1.29 is 9.53 Å². The molecule has 0 amide bonds. The first kappa shape index (κ1) is 13.4. The molecule has 0 atom stereocenters. The van der Waals surface area contributed by atoms with E-state index in [1.165, 1.54) is 6.08 Å². The summed E-state index contributed by atoms with van der Waals surface area (Å²) >= 11 is 0. The first-order chi connectivity index (χ1) is 7.27. The lowest BCUT2D eigenvalue weighted by molar-refractivity contribution is -0.104. The summed E-state index contributed by atoms with van der Waals surface area (Å²) in [5, 5.41) is 0. The number of aldehydes is 1. The van der Waals surface area contributed by atoms with Crippen molar-refractivity contribution in [2.75, 3.05) is 7.11 Å². The molecular weight excluding hydrogens is 188 g/mol. The molecule has 1 rings (SSSR count). The Balaban J connectivity index is 0.000000921. The van der Waals surface area contributed by atoms with E-state index in [0.29, 0.717) is 0 Å². The van der Waals surface area contributed by atoms with E-state index in [0.717, 1.165) is 23.2 Å². The summed E-state index contributed by atoms with van der Waals surface area (Å²) in [4.78, 5) is 10.1. The van der Waals surface area contributed by atoms with E-state index in [-0.39, 0.29) is 0 Å². The second kappa shape index (κ2) is 7.80. The Morgan fingerprint density at radius 2 is 1.93 bits per heavy atom. The van der Waals surface area contributed by atoms with Crippen molar-refractivity contribution >= 4 is 12.4 Å². The minimum Gasteiger partial charge on any atom is -0.496 e. The lowest BCUT2D eigenvalue weighted by Gasteiger charge is -2.04. The van der Waals surface area contributed by atoms with Crippen molar-refractivity contribution in [3.63, 3.8) is 0 Å².